The van der Waals surface area contributed by atoms with Gasteiger partial charge in [0.1, 0.15) is 0 Å². The van der Waals surface area contributed by atoms with Crippen LogP contribution in [0, 0.1) is 0 Å². The summed E-state index contributed by atoms with van der Waals surface area (Å²) in [6.45, 7) is 2.21. The van der Waals surface area contributed by atoms with Gasteiger partial charge < -0.3 is 4.74 Å². The SMILES string of the molecule is CCOC(=O)Cc1ccc(-c2cnc3cc(Br)ccc3n2)cc1. The highest BCUT2D eigenvalue weighted by Crippen LogP contribution is 2.22. The topological polar surface area (TPSA) is 52.1 Å². The third kappa shape index (κ3) is 3.74. The molecule has 5 heteroatoms. The number of fused-ring (bicyclic) bond motifs is 1. The molecule has 4 nitrogen and oxygen atoms in total. The third-order valence-corrected chi connectivity index (χ3v) is 3.90. The van der Waals surface area contributed by atoms with Crippen molar-refractivity contribution in [1.82, 2.24) is 9.97 Å². The number of carbonyl (C=O) groups is 1. The highest BCUT2D eigenvalue weighted by atomic mass is 79.9. The minimum atomic E-state index is -0.212. The zero-order chi connectivity index (χ0) is 16.2. The van der Waals surface area contributed by atoms with Gasteiger partial charge in [-0.1, -0.05) is 40.2 Å². The van der Waals surface area contributed by atoms with E-state index < -0.39 is 0 Å². The summed E-state index contributed by atoms with van der Waals surface area (Å²) in [5.74, 6) is -0.212. The number of carbonyl (C=O) groups excluding carboxylic acids is 1. The molecule has 2 aromatic carbocycles. The van der Waals surface area contributed by atoms with Crippen LogP contribution in [0.1, 0.15) is 12.5 Å². The van der Waals surface area contributed by atoms with E-state index in [9.17, 15) is 4.79 Å². The summed E-state index contributed by atoms with van der Waals surface area (Å²) in [7, 11) is 0. The van der Waals surface area contributed by atoms with Crippen molar-refractivity contribution in [1.29, 1.82) is 0 Å². The molecule has 0 spiro atoms. The Kier molecular flexibility index (Phi) is 4.67. The Morgan fingerprint density at radius 1 is 1.13 bits per heavy atom. The lowest BCUT2D eigenvalue weighted by Gasteiger charge is -2.05. The smallest absolute Gasteiger partial charge is 0.310 e. The van der Waals surface area contributed by atoms with Crippen molar-refractivity contribution in [3.63, 3.8) is 0 Å². The van der Waals surface area contributed by atoms with E-state index in [2.05, 4.69) is 25.9 Å². The Morgan fingerprint density at radius 2 is 1.91 bits per heavy atom. The van der Waals surface area contributed by atoms with Gasteiger partial charge >= 0.3 is 5.97 Å². The van der Waals surface area contributed by atoms with Gasteiger partial charge in [-0.05, 0) is 30.7 Å². The fourth-order valence-corrected chi connectivity index (χ4v) is 2.64. The first kappa shape index (κ1) is 15.6. The number of rotatable bonds is 4. The molecular formula is C18H15BrN2O2. The molecule has 0 radical (unpaired) electrons. The van der Waals surface area contributed by atoms with Gasteiger partial charge in [-0.3, -0.25) is 9.78 Å². The Labute approximate surface area is 142 Å². The number of esters is 1. The van der Waals surface area contributed by atoms with E-state index in [1.807, 2.05) is 42.5 Å². The Balaban J connectivity index is 1.84. The maximum absolute atomic E-state index is 11.5. The van der Waals surface area contributed by atoms with Crippen LogP contribution in [0.5, 0.6) is 0 Å². The summed E-state index contributed by atoms with van der Waals surface area (Å²) in [6.07, 6.45) is 2.04. The van der Waals surface area contributed by atoms with Gasteiger partial charge in [-0.25, -0.2) is 4.98 Å². The standard InChI is InChI=1S/C18H15BrN2O2/c1-2-23-18(22)9-12-3-5-13(6-4-12)17-11-20-16-10-14(19)7-8-15(16)21-17/h3-8,10-11H,2,9H2,1H3. The van der Waals surface area contributed by atoms with Crippen LogP contribution in [0.15, 0.2) is 53.1 Å². The fourth-order valence-electron chi connectivity index (χ4n) is 2.29. The van der Waals surface area contributed by atoms with Crippen LogP contribution in [0.2, 0.25) is 0 Å². The second-order valence-corrected chi connectivity index (χ2v) is 5.98. The molecule has 0 atom stereocenters. The van der Waals surface area contributed by atoms with Gasteiger partial charge in [0.2, 0.25) is 0 Å². The van der Waals surface area contributed by atoms with Crippen LogP contribution in [0.3, 0.4) is 0 Å². The van der Waals surface area contributed by atoms with Crippen molar-refractivity contribution in [2.75, 3.05) is 6.61 Å². The summed E-state index contributed by atoms with van der Waals surface area (Å²) in [5.41, 5.74) is 4.39. The number of hydrogen-bond acceptors (Lipinski definition) is 4. The quantitative estimate of drug-likeness (QED) is 0.646. The molecule has 0 aliphatic rings. The predicted octanol–water partition coefficient (Wildman–Crippen LogP) is 4.16. The molecule has 0 N–H and O–H groups in total. The maximum Gasteiger partial charge on any atom is 0.310 e. The van der Waals surface area contributed by atoms with Gasteiger partial charge in [-0.15, -0.1) is 0 Å². The Hall–Kier alpha value is -2.27. The number of benzene rings is 2. The van der Waals surface area contributed by atoms with Crippen LogP contribution < -0.4 is 0 Å². The van der Waals surface area contributed by atoms with E-state index in [1.165, 1.54) is 0 Å². The average molecular weight is 371 g/mol. The Bertz CT molecular complexity index is 847. The van der Waals surface area contributed by atoms with Crippen LogP contribution in [-0.4, -0.2) is 22.5 Å². The van der Waals surface area contributed by atoms with Gasteiger partial charge in [-0.2, -0.15) is 0 Å². The molecule has 1 aromatic heterocycles. The number of nitrogens with zero attached hydrogens (tertiary/aromatic N) is 2. The summed E-state index contributed by atoms with van der Waals surface area (Å²) >= 11 is 3.43. The average Bonchev–Trinajstić information content (AvgIpc) is 2.55. The molecule has 0 aliphatic heterocycles. The van der Waals surface area contributed by atoms with E-state index in [0.717, 1.165) is 32.3 Å². The second-order valence-electron chi connectivity index (χ2n) is 5.07. The molecular weight excluding hydrogens is 356 g/mol. The molecule has 0 bridgehead atoms. The van der Waals surface area contributed by atoms with E-state index in [-0.39, 0.29) is 12.4 Å². The van der Waals surface area contributed by atoms with Crippen LogP contribution in [-0.2, 0) is 16.0 Å². The molecule has 3 rings (SSSR count). The highest BCUT2D eigenvalue weighted by Gasteiger charge is 2.06. The molecule has 0 amide bonds. The van der Waals surface area contributed by atoms with E-state index in [1.54, 1.807) is 13.1 Å². The fraction of sp³-hybridized carbons (Fsp3) is 0.167. The molecule has 0 unspecified atom stereocenters. The van der Waals surface area contributed by atoms with Crippen LogP contribution >= 0.6 is 15.9 Å². The lowest BCUT2D eigenvalue weighted by atomic mass is 10.1. The lowest BCUT2D eigenvalue weighted by molar-refractivity contribution is -0.142. The number of halogens is 1. The maximum atomic E-state index is 11.5. The van der Waals surface area contributed by atoms with Gasteiger partial charge in [0.15, 0.2) is 0 Å². The largest absolute Gasteiger partial charge is 0.466 e. The predicted molar refractivity (Wildman–Crippen MR) is 93.0 cm³/mol. The molecule has 23 heavy (non-hydrogen) atoms. The van der Waals surface area contributed by atoms with Gasteiger partial charge in [0.25, 0.3) is 0 Å². The zero-order valence-corrected chi connectivity index (χ0v) is 14.2. The first-order valence-electron chi connectivity index (χ1n) is 7.33. The van der Waals surface area contributed by atoms with Crippen molar-refractivity contribution in [3.05, 3.63) is 58.7 Å². The van der Waals surface area contributed by atoms with Crippen LogP contribution in [0.25, 0.3) is 22.3 Å². The first-order valence-corrected chi connectivity index (χ1v) is 8.12. The molecule has 0 aliphatic carbocycles. The molecule has 0 saturated heterocycles. The summed E-state index contributed by atoms with van der Waals surface area (Å²) in [6, 6.07) is 13.6. The number of ether oxygens (including phenoxy) is 1. The molecule has 116 valence electrons. The van der Waals surface area contributed by atoms with Crippen molar-refractivity contribution in [2.45, 2.75) is 13.3 Å². The van der Waals surface area contributed by atoms with Crippen LogP contribution in [0.4, 0.5) is 0 Å². The van der Waals surface area contributed by atoms with Crippen molar-refractivity contribution < 1.29 is 9.53 Å². The normalized spacial score (nSPS) is 10.7. The highest BCUT2D eigenvalue weighted by molar-refractivity contribution is 9.10. The Morgan fingerprint density at radius 3 is 2.65 bits per heavy atom. The summed E-state index contributed by atoms with van der Waals surface area (Å²) in [5, 5.41) is 0. The van der Waals surface area contributed by atoms with Gasteiger partial charge in [0.05, 0.1) is 36.0 Å². The molecule has 0 saturated carbocycles. The molecule has 0 fully saturated rings. The monoisotopic (exact) mass is 370 g/mol. The zero-order valence-electron chi connectivity index (χ0n) is 12.6. The number of hydrogen-bond donors (Lipinski definition) is 0. The summed E-state index contributed by atoms with van der Waals surface area (Å²) < 4.78 is 5.94. The van der Waals surface area contributed by atoms with Crippen molar-refractivity contribution >= 4 is 32.9 Å². The van der Waals surface area contributed by atoms with Gasteiger partial charge in [0, 0.05) is 10.0 Å². The molecule has 3 aromatic rings. The van der Waals surface area contributed by atoms with E-state index in [4.69, 9.17) is 4.74 Å². The third-order valence-electron chi connectivity index (χ3n) is 3.41. The lowest BCUT2D eigenvalue weighted by Crippen LogP contribution is -2.07. The molecule has 1 heterocycles. The minimum Gasteiger partial charge on any atom is -0.466 e. The number of aromatic nitrogens is 2. The van der Waals surface area contributed by atoms with Crippen molar-refractivity contribution in [3.8, 4) is 11.3 Å². The van der Waals surface area contributed by atoms with Crippen molar-refractivity contribution in [2.24, 2.45) is 0 Å². The van der Waals surface area contributed by atoms with E-state index >= 15 is 0 Å². The second kappa shape index (κ2) is 6.87. The van der Waals surface area contributed by atoms with E-state index in [0.29, 0.717) is 6.61 Å². The first-order chi connectivity index (χ1) is 11.2. The summed E-state index contributed by atoms with van der Waals surface area (Å²) in [4.78, 5) is 20.6. The minimum absolute atomic E-state index is 0.212.